The summed E-state index contributed by atoms with van der Waals surface area (Å²) in [6.07, 6.45) is 1.29. The van der Waals surface area contributed by atoms with Crippen molar-refractivity contribution >= 4 is 45.0 Å². The van der Waals surface area contributed by atoms with Crippen LogP contribution in [0.5, 0.6) is 0 Å². The number of ether oxygens (including phenoxy) is 2. The molecule has 0 fully saturated rings. The molecule has 138 valence electrons. The van der Waals surface area contributed by atoms with E-state index in [2.05, 4.69) is 15.0 Å². The highest BCUT2D eigenvalue weighted by atomic mass is 32.1. The predicted octanol–water partition coefficient (Wildman–Crippen LogP) is 3.51. The minimum Gasteiger partial charge on any atom is -0.465 e. The van der Waals surface area contributed by atoms with E-state index in [9.17, 15) is 14.4 Å². The molecule has 1 aromatic carbocycles. The van der Waals surface area contributed by atoms with Gasteiger partial charge in [-0.05, 0) is 48.7 Å². The molecule has 0 atom stereocenters. The smallest absolute Gasteiger partial charge is 0.348 e. The number of hydrogen-bond donors (Lipinski definition) is 1. The Bertz CT molecular complexity index is 1010. The van der Waals surface area contributed by atoms with Crippen LogP contribution in [-0.2, 0) is 9.47 Å². The number of esters is 2. The fraction of sp³-hybridized carbons (Fsp3) is 0.158. The highest BCUT2D eigenvalue weighted by Gasteiger charge is 2.13. The summed E-state index contributed by atoms with van der Waals surface area (Å²) in [5.41, 5.74) is 1.00. The van der Waals surface area contributed by atoms with Gasteiger partial charge in [0.1, 0.15) is 10.6 Å². The summed E-state index contributed by atoms with van der Waals surface area (Å²) < 4.78 is 10.5. The van der Waals surface area contributed by atoms with Gasteiger partial charge in [-0.2, -0.15) is 0 Å². The van der Waals surface area contributed by atoms with Gasteiger partial charge in [0.05, 0.1) is 19.3 Å². The molecule has 0 radical (unpaired) electrons. The lowest BCUT2D eigenvalue weighted by Crippen LogP contribution is -2.14. The second-order valence-electron chi connectivity index (χ2n) is 5.46. The van der Waals surface area contributed by atoms with E-state index in [-0.39, 0.29) is 17.2 Å². The van der Waals surface area contributed by atoms with Crippen LogP contribution in [0, 0.1) is 0 Å². The van der Waals surface area contributed by atoms with Crippen molar-refractivity contribution in [2.24, 2.45) is 0 Å². The average molecular weight is 384 g/mol. The topological polar surface area (TPSA) is 94.6 Å². The number of fused-ring (bicyclic) bond motifs is 1. The van der Waals surface area contributed by atoms with E-state index < -0.39 is 11.9 Å². The van der Waals surface area contributed by atoms with Crippen LogP contribution in [0.1, 0.15) is 37.4 Å². The Kier molecular flexibility index (Phi) is 5.46. The van der Waals surface area contributed by atoms with Crippen LogP contribution in [-0.4, -0.2) is 36.5 Å². The standard InChI is InChI=1S/C19H16N2O5S/c1-3-26-19(24)16-9-12-8-13(5-7-15(12)27-16)21-17(22)14-6-4-11(10-20-14)18(23)25-2/h4-10H,3H2,1-2H3,(H,21,22). The van der Waals surface area contributed by atoms with Gasteiger partial charge in [-0.15, -0.1) is 11.3 Å². The Morgan fingerprint density at radius 1 is 1.11 bits per heavy atom. The van der Waals surface area contributed by atoms with Crippen LogP contribution in [0.4, 0.5) is 5.69 Å². The molecule has 1 amide bonds. The number of rotatable bonds is 5. The van der Waals surface area contributed by atoms with E-state index in [1.165, 1.54) is 36.8 Å². The molecular weight excluding hydrogens is 368 g/mol. The maximum atomic E-state index is 12.3. The Morgan fingerprint density at radius 2 is 1.93 bits per heavy atom. The summed E-state index contributed by atoms with van der Waals surface area (Å²) in [5.74, 6) is -1.29. The Morgan fingerprint density at radius 3 is 2.59 bits per heavy atom. The highest BCUT2D eigenvalue weighted by Crippen LogP contribution is 2.28. The first-order valence-corrected chi connectivity index (χ1v) is 8.90. The zero-order valence-corrected chi connectivity index (χ0v) is 15.5. The van der Waals surface area contributed by atoms with Crippen molar-refractivity contribution < 1.29 is 23.9 Å². The normalized spacial score (nSPS) is 10.4. The molecule has 3 aromatic rings. The van der Waals surface area contributed by atoms with E-state index in [0.717, 1.165) is 10.1 Å². The SMILES string of the molecule is CCOC(=O)c1cc2cc(NC(=O)c3ccc(C(=O)OC)cn3)ccc2s1. The molecule has 0 aliphatic carbocycles. The van der Waals surface area contributed by atoms with Crippen LogP contribution in [0.2, 0.25) is 0 Å². The lowest BCUT2D eigenvalue weighted by molar-refractivity contribution is 0.0531. The molecule has 0 aliphatic rings. The molecule has 0 unspecified atom stereocenters. The Hall–Kier alpha value is -3.26. The molecule has 27 heavy (non-hydrogen) atoms. The number of aromatic nitrogens is 1. The van der Waals surface area contributed by atoms with Crippen LogP contribution in [0.3, 0.4) is 0 Å². The molecule has 0 aliphatic heterocycles. The van der Waals surface area contributed by atoms with E-state index in [0.29, 0.717) is 17.2 Å². The quantitative estimate of drug-likeness (QED) is 0.677. The number of anilines is 1. The van der Waals surface area contributed by atoms with Gasteiger partial charge in [-0.1, -0.05) is 0 Å². The van der Waals surface area contributed by atoms with Gasteiger partial charge in [-0.25, -0.2) is 9.59 Å². The van der Waals surface area contributed by atoms with Crippen molar-refractivity contribution in [3.8, 4) is 0 Å². The maximum absolute atomic E-state index is 12.3. The number of hydrogen-bond acceptors (Lipinski definition) is 7. The number of nitrogens with one attached hydrogen (secondary N) is 1. The van der Waals surface area contributed by atoms with Gasteiger partial charge in [0.15, 0.2) is 0 Å². The third-order valence-corrected chi connectivity index (χ3v) is 4.76. The molecule has 2 aromatic heterocycles. The first-order chi connectivity index (χ1) is 13.0. The molecule has 0 saturated carbocycles. The summed E-state index contributed by atoms with van der Waals surface area (Å²) in [7, 11) is 1.27. The average Bonchev–Trinajstić information content (AvgIpc) is 3.11. The predicted molar refractivity (Wildman–Crippen MR) is 101 cm³/mol. The van der Waals surface area contributed by atoms with Crippen molar-refractivity contribution in [1.29, 1.82) is 0 Å². The monoisotopic (exact) mass is 384 g/mol. The number of amides is 1. The van der Waals surface area contributed by atoms with Gasteiger partial charge in [0.25, 0.3) is 5.91 Å². The molecule has 1 N–H and O–H groups in total. The van der Waals surface area contributed by atoms with Gasteiger partial charge in [0, 0.05) is 16.6 Å². The maximum Gasteiger partial charge on any atom is 0.348 e. The van der Waals surface area contributed by atoms with Crippen LogP contribution < -0.4 is 5.32 Å². The van der Waals surface area contributed by atoms with Crippen molar-refractivity contribution in [3.05, 3.63) is 58.7 Å². The van der Waals surface area contributed by atoms with E-state index >= 15 is 0 Å². The van der Waals surface area contributed by atoms with Gasteiger partial charge < -0.3 is 14.8 Å². The zero-order chi connectivity index (χ0) is 19.4. The summed E-state index contributed by atoms with van der Waals surface area (Å²) in [5, 5.41) is 3.58. The minimum atomic E-state index is -0.519. The van der Waals surface area contributed by atoms with Crippen molar-refractivity contribution in [2.75, 3.05) is 19.0 Å². The zero-order valence-electron chi connectivity index (χ0n) is 14.6. The molecule has 0 bridgehead atoms. The van der Waals surface area contributed by atoms with Crippen molar-refractivity contribution in [3.63, 3.8) is 0 Å². The van der Waals surface area contributed by atoms with Crippen molar-refractivity contribution in [2.45, 2.75) is 6.92 Å². The molecular formula is C19H16N2O5S. The number of pyridine rings is 1. The Labute approximate surface area is 158 Å². The fourth-order valence-corrected chi connectivity index (χ4v) is 3.32. The number of carbonyl (C=O) groups is 3. The summed E-state index contributed by atoms with van der Waals surface area (Å²) in [4.78, 5) is 40.1. The number of thiophene rings is 1. The van der Waals surface area contributed by atoms with Gasteiger partial charge in [-0.3, -0.25) is 9.78 Å². The first-order valence-electron chi connectivity index (χ1n) is 8.08. The van der Waals surface area contributed by atoms with E-state index in [4.69, 9.17) is 4.74 Å². The lowest BCUT2D eigenvalue weighted by atomic mass is 10.2. The lowest BCUT2D eigenvalue weighted by Gasteiger charge is -2.05. The second kappa shape index (κ2) is 7.96. The summed E-state index contributed by atoms with van der Waals surface area (Å²) in [6.45, 7) is 2.07. The van der Waals surface area contributed by atoms with Crippen LogP contribution in [0.15, 0.2) is 42.6 Å². The summed E-state index contributed by atoms with van der Waals surface area (Å²) >= 11 is 1.33. The number of benzene rings is 1. The number of carbonyl (C=O) groups excluding carboxylic acids is 3. The molecule has 0 spiro atoms. The third kappa shape index (κ3) is 4.12. The van der Waals surface area contributed by atoms with Crippen molar-refractivity contribution in [1.82, 2.24) is 4.98 Å². The second-order valence-corrected chi connectivity index (χ2v) is 6.55. The van der Waals surface area contributed by atoms with Gasteiger partial charge in [0.2, 0.25) is 0 Å². The van der Waals surface area contributed by atoms with E-state index in [1.807, 2.05) is 6.07 Å². The highest BCUT2D eigenvalue weighted by molar-refractivity contribution is 7.20. The van der Waals surface area contributed by atoms with Crippen LogP contribution >= 0.6 is 11.3 Å². The molecule has 2 heterocycles. The fourth-order valence-electron chi connectivity index (χ4n) is 2.39. The molecule has 0 saturated heterocycles. The van der Waals surface area contributed by atoms with Crippen LogP contribution in [0.25, 0.3) is 10.1 Å². The minimum absolute atomic E-state index is 0.167. The molecule has 7 nitrogen and oxygen atoms in total. The largest absolute Gasteiger partial charge is 0.465 e. The Balaban J connectivity index is 1.76. The third-order valence-electron chi connectivity index (χ3n) is 3.67. The van der Waals surface area contributed by atoms with Gasteiger partial charge >= 0.3 is 11.9 Å². The number of methoxy groups -OCH3 is 1. The number of nitrogens with zero attached hydrogens (tertiary/aromatic N) is 1. The first kappa shape index (κ1) is 18.5. The molecule has 8 heteroatoms. The van der Waals surface area contributed by atoms with E-state index in [1.54, 1.807) is 25.1 Å². The molecule has 3 rings (SSSR count). The summed E-state index contributed by atoms with van der Waals surface area (Å²) in [6, 6.07) is 10.00.